The first-order valence-electron chi connectivity index (χ1n) is 7.30. The molecular formula is C16H24N2OS. The Balaban J connectivity index is 2.15. The summed E-state index contributed by atoms with van der Waals surface area (Å²) in [6, 6.07) is 2.41. The van der Waals surface area contributed by atoms with Crippen LogP contribution >= 0.6 is 11.3 Å². The van der Waals surface area contributed by atoms with Crippen molar-refractivity contribution in [3.8, 4) is 6.07 Å². The van der Waals surface area contributed by atoms with Crippen molar-refractivity contribution < 1.29 is 5.11 Å². The highest BCUT2D eigenvalue weighted by Gasteiger charge is 2.45. The first-order valence-corrected chi connectivity index (χ1v) is 8.18. The van der Waals surface area contributed by atoms with Gasteiger partial charge in [-0.3, -0.25) is 0 Å². The predicted octanol–water partition coefficient (Wildman–Crippen LogP) is 4.23. The Labute approximate surface area is 125 Å². The van der Waals surface area contributed by atoms with Crippen LogP contribution in [0.4, 0.5) is 0 Å². The second-order valence-corrected chi connectivity index (χ2v) is 8.03. The van der Waals surface area contributed by atoms with E-state index >= 15 is 0 Å². The maximum atomic E-state index is 10.6. The zero-order chi connectivity index (χ0) is 15.0. The normalized spacial score (nSPS) is 28.9. The predicted molar refractivity (Wildman–Crippen MR) is 81.3 cm³/mol. The summed E-state index contributed by atoms with van der Waals surface area (Å²) in [5.74, 6) is 0.634. The van der Waals surface area contributed by atoms with E-state index in [9.17, 15) is 10.4 Å². The number of nitriles is 1. The summed E-state index contributed by atoms with van der Waals surface area (Å²) in [5, 5.41) is 22.9. The smallest absolute Gasteiger partial charge is 0.124 e. The van der Waals surface area contributed by atoms with E-state index in [4.69, 9.17) is 0 Å². The van der Waals surface area contributed by atoms with Crippen molar-refractivity contribution in [2.75, 3.05) is 0 Å². The van der Waals surface area contributed by atoms with Gasteiger partial charge in [-0.25, -0.2) is 4.98 Å². The van der Waals surface area contributed by atoms with E-state index < -0.39 is 11.5 Å². The van der Waals surface area contributed by atoms with Gasteiger partial charge >= 0.3 is 0 Å². The SMILES string of the molecule is Cc1csc(C(O)C2(C#N)CCC(C(C)(C)C)CC2)n1. The molecule has 1 aliphatic carbocycles. The molecule has 110 valence electrons. The number of aliphatic hydroxyl groups excluding tert-OH is 1. The zero-order valence-corrected chi connectivity index (χ0v) is 13.6. The fourth-order valence-electron chi connectivity index (χ4n) is 3.18. The molecule has 1 aromatic rings. The summed E-state index contributed by atoms with van der Waals surface area (Å²) < 4.78 is 0. The van der Waals surface area contributed by atoms with Gasteiger partial charge < -0.3 is 5.11 Å². The summed E-state index contributed by atoms with van der Waals surface area (Å²) in [4.78, 5) is 4.36. The fourth-order valence-corrected chi connectivity index (χ4v) is 4.07. The quantitative estimate of drug-likeness (QED) is 0.887. The van der Waals surface area contributed by atoms with Crippen LogP contribution in [-0.4, -0.2) is 10.1 Å². The van der Waals surface area contributed by atoms with Gasteiger partial charge in [0.25, 0.3) is 0 Å². The molecule has 3 nitrogen and oxygen atoms in total. The summed E-state index contributed by atoms with van der Waals surface area (Å²) >= 11 is 1.46. The standard InChI is InChI=1S/C16H24N2OS/c1-11-9-20-14(18-11)13(19)16(10-17)7-5-12(6-8-16)15(2,3)4/h9,12-13,19H,5-8H2,1-4H3. The minimum absolute atomic E-state index is 0.282. The minimum Gasteiger partial charge on any atom is -0.384 e. The van der Waals surface area contributed by atoms with Crippen molar-refractivity contribution in [3.63, 3.8) is 0 Å². The number of thiazole rings is 1. The van der Waals surface area contributed by atoms with Crippen LogP contribution in [0.1, 0.15) is 63.3 Å². The van der Waals surface area contributed by atoms with Crippen LogP contribution in [0.5, 0.6) is 0 Å². The lowest BCUT2D eigenvalue weighted by molar-refractivity contribution is 0.00825. The van der Waals surface area contributed by atoms with Crippen LogP contribution in [-0.2, 0) is 0 Å². The maximum Gasteiger partial charge on any atom is 0.124 e. The van der Waals surface area contributed by atoms with Crippen molar-refractivity contribution in [2.45, 2.75) is 59.5 Å². The lowest BCUT2D eigenvalue weighted by Crippen LogP contribution is -2.36. The Morgan fingerprint density at radius 1 is 1.45 bits per heavy atom. The third-order valence-corrected chi connectivity index (χ3v) is 5.73. The Kier molecular flexibility index (Phi) is 4.22. The van der Waals surface area contributed by atoms with Crippen LogP contribution in [0.25, 0.3) is 0 Å². The molecule has 1 aromatic heterocycles. The average molecular weight is 292 g/mol. The van der Waals surface area contributed by atoms with Gasteiger partial charge in [-0.2, -0.15) is 5.26 Å². The highest BCUT2D eigenvalue weighted by Crippen LogP contribution is 2.50. The summed E-state index contributed by atoms with van der Waals surface area (Å²) in [6.07, 6.45) is 2.82. The molecule has 0 aromatic carbocycles. The summed E-state index contributed by atoms with van der Waals surface area (Å²) in [5.41, 5.74) is 0.552. The Morgan fingerprint density at radius 2 is 2.05 bits per heavy atom. The molecule has 0 aliphatic heterocycles. The van der Waals surface area contributed by atoms with E-state index in [1.165, 1.54) is 11.3 Å². The van der Waals surface area contributed by atoms with E-state index in [1.807, 2.05) is 12.3 Å². The fraction of sp³-hybridized carbons (Fsp3) is 0.750. The highest BCUT2D eigenvalue weighted by molar-refractivity contribution is 7.09. The molecule has 1 heterocycles. The van der Waals surface area contributed by atoms with Gasteiger partial charge in [0.1, 0.15) is 11.1 Å². The topological polar surface area (TPSA) is 56.9 Å². The second-order valence-electron chi connectivity index (χ2n) is 7.14. The molecule has 1 N–H and O–H groups in total. The maximum absolute atomic E-state index is 10.6. The lowest BCUT2D eigenvalue weighted by Gasteiger charge is -2.42. The second kappa shape index (κ2) is 5.46. The number of rotatable bonds is 2. The molecule has 4 heteroatoms. The number of nitrogens with zero attached hydrogens (tertiary/aromatic N) is 2. The highest BCUT2D eigenvalue weighted by atomic mass is 32.1. The van der Waals surface area contributed by atoms with Gasteiger partial charge in [-0.1, -0.05) is 20.8 Å². The largest absolute Gasteiger partial charge is 0.384 e. The summed E-state index contributed by atoms with van der Waals surface area (Å²) in [7, 11) is 0. The van der Waals surface area contributed by atoms with E-state index in [1.54, 1.807) is 0 Å². The van der Waals surface area contributed by atoms with Gasteiger partial charge in [-0.05, 0) is 43.9 Å². The van der Waals surface area contributed by atoms with Gasteiger partial charge in [0.15, 0.2) is 0 Å². The third kappa shape index (κ3) is 2.89. The number of aryl methyl sites for hydroxylation is 1. The number of hydrogen-bond donors (Lipinski definition) is 1. The molecule has 0 spiro atoms. The average Bonchev–Trinajstić information content (AvgIpc) is 2.83. The Morgan fingerprint density at radius 3 is 2.45 bits per heavy atom. The van der Waals surface area contributed by atoms with Gasteiger partial charge in [0, 0.05) is 11.1 Å². The van der Waals surface area contributed by atoms with Gasteiger partial charge in [-0.15, -0.1) is 11.3 Å². The number of hydrogen-bond acceptors (Lipinski definition) is 4. The van der Waals surface area contributed by atoms with Crippen molar-refractivity contribution in [3.05, 3.63) is 16.1 Å². The lowest BCUT2D eigenvalue weighted by atomic mass is 9.63. The molecule has 0 amide bonds. The molecule has 1 fully saturated rings. The zero-order valence-electron chi connectivity index (χ0n) is 12.8. The van der Waals surface area contributed by atoms with Crippen molar-refractivity contribution in [1.82, 2.24) is 4.98 Å². The summed E-state index contributed by atoms with van der Waals surface area (Å²) in [6.45, 7) is 8.70. The van der Waals surface area contributed by atoms with Crippen LogP contribution in [0.2, 0.25) is 0 Å². The molecular weight excluding hydrogens is 268 g/mol. The third-order valence-electron chi connectivity index (χ3n) is 4.72. The van der Waals surface area contributed by atoms with Crippen LogP contribution < -0.4 is 0 Å². The van der Waals surface area contributed by atoms with E-state index in [-0.39, 0.29) is 5.41 Å². The molecule has 0 saturated heterocycles. The van der Waals surface area contributed by atoms with Crippen molar-refractivity contribution in [2.24, 2.45) is 16.7 Å². The molecule has 0 bridgehead atoms. The molecule has 1 aliphatic rings. The van der Waals surface area contributed by atoms with Gasteiger partial charge in [0.05, 0.1) is 11.5 Å². The van der Waals surface area contributed by atoms with Crippen molar-refractivity contribution in [1.29, 1.82) is 5.26 Å². The Bertz CT molecular complexity index is 501. The van der Waals surface area contributed by atoms with E-state index in [0.29, 0.717) is 10.9 Å². The van der Waals surface area contributed by atoms with Gasteiger partial charge in [0.2, 0.25) is 0 Å². The number of aliphatic hydroxyl groups is 1. The van der Waals surface area contributed by atoms with E-state index in [0.717, 1.165) is 31.4 Å². The molecule has 20 heavy (non-hydrogen) atoms. The first-order chi connectivity index (χ1) is 9.28. The minimum atomic E-state index is -0.743. The molecule has 1 atom stereocenters. The Hall–Kier alpha value is -0.920. The molecule has 2 rings (SSSR count). The monoisotopic (exact) mass is 292 g/mol. The van der Waals surface area contributed by atoms with Crippen LogP contribution in [0.15, 0.2) is 5.38 Å². The van der Waals surface area contributed by atoms with Crippen LogP contribution in [0, 0.1) is 35.0 Å². The van der Waals surface area contributed by atoms with E-state index in [2.05, 4.69) is 31.8 Å². The van der Waals surface area contributed by atoms with Crippen LogP contribution in [0.3, 0.4) is 0 Å². The van der Waals surface area contributed by atoms with Crippen molar-refractivity contribution >= 4 is 11.3 Å². The molecule has 1 unspecified atom stereocenters. The molecule has 0 radical (unpaired) electrons. The number of aromatic nitrogens is 1. The first kappa shape index (κ1) is 15.5. The molecule has 1 saturated carbocycles.